The first-order chi connectivity index (χ1) is 14.6. The molecule has 4 unspecified atom stereocenters. The Morgan fingerprint density at radius 1 is 1.19 bits per heavy atom. The molecule has 0 fully saturated rings. The van der Waals surface area contributed by atoms with Crippen molar-refractivity contribution in [2.45, 2.75) is 105 Å². The predicted molar refractivity (Wildman–Crippen MR) is 129 cm³/mol. The zero-order valence-electron chi connectivity index (χ0n) is 20.7. The Bertz CT molecular complexity index is 629. The molecule has 4 nitrogen and oxygen atoms in total. The van der Waals surface area contributed by atoms with E-state index in [1.165, 1.54) is 5.57 Å². The summed E-state index contributed by atoms with van der Waals surface area (Å²) < 4.78 is 6.02. The molecule has 0 saturated carbocycles. The second kappa shape index (κ2) is 13.8. The van der Waals surface area contributed by atoms with Crippen LogP contribution >= 0.6 is 0 Å². The highest BCUT2D eigenvalue weighted by Gasteiger charge is 2.22. The molecule has 0 radical (unpaired) electrons. The predicted octanol–water partition coefficient (Wildman–Crippen LogP) is 7.25. The van der Waals surface area contributed by atoms with Crippen LogP contribution in [0.1, 0.15) is 99.3 Å². The Hall–Kier alpha value is -1.55. The van der Waals surface area contributed by atoms with E-state index in [0.717, 1.165) is 50.7 Å². The van der Waals surface area contributed by atoms with Gasteiger partial charge in [-0.05, 0) is 75.4 Å². The molecule has 178 valence electrons. The van der Waals surface area contributed by atoms with Crippen molar-refractivity contribution in [2.24, 2.45) is 23.7 Å². The maximum atomic E-state index is 10.9. The van der Waals surface area contributed by atoms with Gasteiger partial charge in [-0.25, -0.2) is 0 Å². The molecule has 0 saturated heterocycles. The van der Waals surface area contributed by atoms with E-state index < -0.39 is 11.6 Å². The minimum absolute atomic E-state index is 0.334. The van der Waals surface area contributed by atoms with Gasteiger partial charge in [0.2, 0.25) is 0 Å². The highest BCUT2D eigenvalue weighted by Crippen LogP contribution is 2.32. The van der Waals surface area contributed by atoms with Gasteiger partial charge in [0.1, 0.15) is 5.76 Å². The lowest BCUT2D eigenvalue weighted by molar-refractivity contribution is -0.141. The van der Waals surface area contributed by atoms with Crippen LogP contribution < -0.4 is 0 Å². The topological polar surface area (TPSA) is 66.8 Å². The molecule has 0 aromatic carbocycles. The van der Waals surface area contributed by atoms with E-state index in [0.29, 0.717) is 30.6 Å². The largest absolute Gasteiger partial charge is 0.481 e. The van der Waals surface area contributed by atoms with Crippen molar-refractivity contribution < 1.29 is 19.7 Å². The molecular weight excluding hydrogens is 388 g/mol. The number of ether oxygens (including phenoxy) is 1. The van der Waals surface area contributed by atoms with Crippen LogP contribution in [0.2, 0.25) is 0 Å². The van der Waals surface area contributed by atoms with E-state index in [9.17, 15) is 9.90 Å². The number of aliphatic hydroxyl groups is 1. The number of carboxylic acid groups (broad SMARTS) is 1. The molecule has 1 rings (SSSR count). The molecule has 0 bridgehead atoms. The summed E-state index contributed by atoms with van der Waals surface area (Å²) in [6, 6.07) is 0. The Labute approximate surface area is 190 Å². The maximum absolute atomic E-state index is 10.9. The number of hydrogen-bond donors (Lipinski definition) is 2. The maximum Gasteiger partial charge on any atom is 0.306 e. The molecular formula is C27H46O4. The molecule has 31 heavy (non-hydrogen) atoms. The molecule has 1 aliphatic rings. The lowest BCUT2D eigenvalue weighted by Gasteiger charge is -2.25. The minimum atomic E-state index is -0.755. The molecule has 0 aromatic heterocycles. The molecule has 1 aliphatic carbocycles. The van der Waals surface area contributed by atoms with Crippen LogP contribution in [-0.2, 0) is 9.53 Å². The Morgan fingerprint density at radius 2 is 1.84 bits per heavy atom. The Kier molecular flexibility index (Phi) is 12.2. The second-order valence-corrected chi connectivity index (χ2v) is 9.94. The monoisotopic (exact) mass is 434 g/mol. The van der Waals surface area contributed by atoms with Gasteiger partial charge in [0.25, 0.3) is 0 Å². The molecule has 0 spiro atoms. The van der Waals surface area contributed by atoms with Gasteiger partial charge >= 0.3 is 5.97 Å². The molecule has 0 aliphatic heterocycles. The number of aliphatic carboxylic acids is 1. The zero-order valence-corrected chi connectivity index (χ0v) is 20.7. The molecule has 0 heterocycles. The van der Waals surface area contributed by atoms with Gasteiger partial charge in [0, 0.05) is 5.92 Å². The number of carboxylic acids is 1. The third-order valence-corrected chi connectivity index (χ3v) is 6.80. The number of carbonyl (C=O) groups is 1. The molecule has 0 amide bonds. The summed E-state index contributed by atoms with van der Waals surface area (Å²) >= 11 is 0. The molecule has 5 atom stereocenters. The van der Waals surface area contributed by atoms with Gasteiger partial charge < -0.3 is 14.9 Å². The van der Waals surface area contributed by atoms with E-state index in [4.69, 9.17) is 9.84 Å². The smallest absolute Gasteiger partial charge is 0.306 e. The third-order valence-electron chi connectivity index (χ3n) is 6.80. The van der Waals surface area contributed by atoms with Crippen LogP contribution in [-0.4, -0.2) is 21.8 Å². The SMILES string of the molecule is CCC1=C(O/C=C/CCC(C)CCC[C@@](C)(O)CCCC(C)C(=O)O)C(C)C(C)C=C1. The van der Waals surface area contributed by atoms with Crippen molar-refractivity contribution in [3.05, 3.63) is 35.8 Å². The summed E-state index contributed by atoms with van der Waals surface area (Å²) in [6.45, 7) is 12.5. The van der Waals surface area contributed by atoms with Crippen LogP contribution in [0.5, 0.6) is 0 Å². The van der Waals surface area contributed by atoms with Gasteiger partial charge in [-0.15, -0.1) is 0 Å². The van der Waals surface area contributed by atoms with Crippen LogP contribution in [0.15, 0.2) is 35.8 Å². The van der Waals surface area contributed by atoms with Gasteiger partial charge in [0.05, 0.1) is 17.8 Å². The van der Waals surface area contributed by atoms with Crippen molar-refractivity contribution in [3.63, 3.8) is 0 Å². The lowest BCUT2D eigenvalue weighted by Crippen LogP contribution is -2.24. The van der Waals surface area contributed by atoms with Crippen molar-refractivity contribution >= 4 is 5.97 Å². The number of rotatable bonds is 15. The summed E-state index contributed by atoms with van der Waals surface area (Å²) in [5, 5.41) is 19.5. The molecule has 4 heteroatoms. The first-order valence-corrected chi connectivity index (χ1v) is 12.3. The fourth-order valence-corrected chi connectivity index (χ4v) is 4.11. The van der Waals surface area contributed by atoms with E-state index in [1.807, 2.05) is 13.2 Å². The Morgan fingerprint density at radius 3 is 2.45 bits per heavy atom. The van der Waals surface area contributed by atoms with Crippen molar-refractivity contribution in [1.29, 1.82) is 0 Å². The average Bonchev–Trinajstić information content (AvgIpc) is 2.70. The Balaban J connectivity index is 2.25. The normalized spacial score (nSPS) is 23.1. The number of hydrogen-bond acceptors (Lipinski definition) is 3. The summed E-state index contributed by atoms with van der Waals surface area (Å²) in [4.78, 5) is 10.9. The van der Waals surface area contributed by atoms with Crippen LogP contribution in [0.25, 0.3) is 0 Å². The molecule has 0 aromatic rings. The summed E-state index contributed by atoms with van der Waals surface area (Å²) in [5.74, 6) is 1.56. The minimum Gasteiger partial charge on any atom is -0.481 e. The van der Waals surface area contributed by atoms with Crippen molar-refractivity contribution in [2.75, 3.05) is 0 Å². The highest BCUT2D eigenvalue weighted by atomic mass is 16.5. The highest BCUT2D eigenvalue weighted by molar-refractivity contribution is 5.69. The standard InChI is InChI=1S/C27H46O4/c1-7-24-16-15-21(3)23(5)25(24)31-19-9-8-12-20(2)13-10-17-27(6,30)18-11-14-22(4)26(28)29/h9,15-16,19-23,30H,7-8,10-14,17-18H2,1-6H3,(H,28,29)/b19-9+/t20?,21?,22?,23?,27-/m1/s1. The van der Waals surface area contributed by atoms with Crippen LogP contribution in [0.3, 0.4) is 0 Å². The van der Waals surface area contributed by atoms with Crippen molar-refractivity contribution in [3.8, 4) is 0 Å². The fourth-order valence-electron chi connectivity index (χ4n) is 4.11. The van der Waals surface area contributed by atoms with Crippen LogP contribution in [0.4, 0.5) is 0 Å². The fraction of sp³-hybridized carbons (Fsp3) is 0.741. The lowest BCUT2D eigenvalue weighted by atomic mass is 9.86. The van der Waals surface area contributed by atoms with E-state index in [2.05, 4.69) is 45.9 Å². The van der Waals surface area contributed by atoms with Gasteiger partial charge in [-0.1, -0.05) is 59.6 Å². The third kappa shape index (κ3) is 10.5. The molecule has 2 N–H and O–H groups in total. The second-order valence-electron chi connectivity index (χ2n) is 9.94. The summed E-state index contributed by atoms with van der Waals surface area (Å²) in [5.41, 5.74) is 0.603. The van der Waals surface area contributed by atoms with Gasteiger partial charge in [-0.3, -0.25) is 4.79 Å². The average molecular weight is 435 g/mol. The number of allylic oxidation sites excluding steroid dienone is 5. The summed E-state index contributed by atoms with van der Waals surface area (Å²) in [6.07, 6.45) is 16.5. The van der Waals surface area contributed by atoms with E-state index in [-0.39, 0.29) is 5.92 Å². The summed E-state index contributed by atoms with van der Waals surface area (Å²) in [7, 11) is 0. The first-order valence-electron chi connectivity index (χ1n) is 12.3. The van der Waals surface area contributed by atoms with Crippen LogP contribution in [0, 0.1) is 23.7 Å². The van der Waals surface area contributed by atoms with Gasteiger partial charge in [0.15, 0.2) is 0 Å². The first kappa shape index (κ1) is 27.5. The van der Waals surface area contributed by atoms with Crippen molar-refractivity contribution in [1.82, 2.24) is 0 Å². The van der Waals surface area contributed by atoms with E-state index in [1.54, 1.807) is 6.92 Å². The van der Waals surface area contributed by atoms with Gasteiger partial charge in [-0.2, -0.15) is 0 Å². The zero-order chi connectivity index (χ0) is 23.4. The van der Waals surface area contributed by atoms with E-state index >= 15 is 0 Å². The quantitative estimate of drug-likeness (QED) is 0.266.